The molecule has 0 aliphatic rings. The van der Waals surface area contributed by atoms with Gasteiger partial charge in [0.1, 0.15) is 0 Å². The van der Waals surface area contributed by atoms with Gasteiger partial charge in [0, 0.05) is 11.3 Å². The van der Waals surface area contributed by atoms with Crippen LogP contribution in [-0.4, -0.2) is 15.2 Å². The fourth-order valence-corrected chi connectivity index (χ4v) is 1.60. The molecule has 0 radical (unpaired) electrons. The molecule has 0 spiro atoms. The third-order valence-electron chi connectivity index (χ3n) is 1.10. The molecular formula is C7H10N2O2S. The summed E-state index contributed by atoms with van der Waals surface area (Å²) in [5.74, 6) is 0. The second kappa shape index (κ2) is 3.62. The number of hydrogen-bond acceptors (Lipinski definition) is 3. The Hall–Kier alpha value is -0.970. The predicted molar refractivity (Wildman–Crippen MR) is 48.7 cm³/mol. The monoisotopic (exact) mass is 186 g/mol. The second-order valence-electron chi connectivity index (χ2n) is 2.62. The molecule has 0 saturated carbocycles. The summed E-state index contributed by atoms with van der Waals surface area (Å²) < 4.78 is 0. The number of thioether (sulfide) groups is 1. The van der Waals surface area contributed by atoms with E-state index in [0.29, 0.717) is 10.3 Å². The minimum atomic E-state index is -0.453. The van der Waals surface area contributed by atoms with Gasteiger partial charge < -0.3 is 4.98 Å². The van der Waals surface area contributed by atoms with Crippen LogP contribution in [0.1, 0.15) is 13.8 Å². The van der Waals surface area contributed by atoms with Crippen LogP contribution in [0.25, 0.3) is 0 Å². The van der Waals surface area contributed by atoms with Crippen molar-refractivity contribution in [1.82, 2.24) is 9.97 Å². The van der Waals surface area contributed by atoms with E-state index in [2.05, 4.69) is 9.97 Å². The first-order valence-electron chi connectivity index (χ1n) is 3.58. The molecule has 0 aromatic carbocycles. The Kier molecular flexibility index (Phi) is 2.75. The molecule has 5 heteroatoms. The summed E-state index contributed by atoms with van der Waals surface area (Å²) in [6, 6.07) is 1.38. The Morgan fingerprint density at radius 2 is 2.00 bits per heavy atom. The van der Waals surface area contributed by atoms with Gasteiger partial charge in [0.15, 0.2) is 0 Å². The zero-order valence-corrected chi connectivity index (χ0v) is 7.70. The Morgan fingerprint density at radius 3 is 2.50 bits per heavy atom. The normalized spacial score (nSPS) is 10.6. The largest absolute Gasteiger partial charge is 0.326 e. The zero-order chi connectivity index (χ0) is 9.14. The van der Waals surface area contributed by atoms with Crippen molar-refractivity contribution < 1.29 is 0 Å². The fourth-order valence-electron chi connectivity index (χ4n) is 0.764. The van der Waals surface area contributed by atoms with E-state index in [0.717, 1.165) is 0 Å². The van der Waals surface area contributed by atoms with Crippen LogP contribution >= 0.6 is 11.8 Å². The number of hydrogen-bond donors (Lipinski definition) is 2. The van der Waals surface area contributed by atoms with Crippen LogP contribution < -0.4 is 11.2 Å². The van der Waals surface area contributed by atoms with Crippen LogP contribution in [0.15, 0.2) is 20.7 Å². The molecule has 0 aliphatic carbocycles. The summed E-state index contributed by atoms with van der Waals surface area (Å²) in [7, 11) is 0. The third kappa shape index (κ3) is 2.58. The van der Waals surface area contributed by atoms with E-state index in [-0.39, 0.29) is 5.56 Å². The molecule has 2 N–H and O–H groups in total. The minimum Gasteiger partial charge on any atom is -0.302 e. The summed E-state index contributed by atoms with van der Waals surface area (Å²) in [5, 5.41) is 0.959. The van der Waals surface area contributed by atoms with Gasteiger partial charge in [-0.3, -0.25) is 9.78 Å². The van der Waals surface area contributed by atoms with Crippen molar-refractivity contribution in [1.29, 1.82) is 0 Å². The van der Waals surface area contributed by atoms with Crippen LogP contribution in [0.3, 0.4) is 0 Å². The molecule has 1 heterocycles. The van der Waals surface area contributed by atoms with Crippen LogP contribution in [0.4, 0.5) is 0 Å². The third-order valence-corrected chi connectivity index (χ3v) is 2.04. The fraction of sp³-hybridized carbons (Fsp3) is 0.429. The topological polar surface area (TPSA) is 65.7 Å². The van der Waals surface area contributed by atoms with E-state index in [1.165, 1.54) is 17.8 Å². The molecule has 0 unspecified atom stereocenters. The molecule has 1 aromatic heterocycles. The number of nitrogens with one attached hydrogen (secondary N) is 2. The van der Waals surface area contributed by atoms with Crippen LogP contribution in [0, 0.1) is 0 Å². The number of rotatable bonds is 2. The number of H-pyrrole nitrogens is 2. The molecule has 0 saturated heterocycles. The lowest BCUT2D eigenvalue weighted by Crippen LogP contribution is -2.21. The highest BCUT2D eigenvalue weighted by Crippen LogP contribution is 2.16. The molecule has 1 rings (SSSR count). The molecule has 0 fully saturated rings. The van der Waals surface area contributed by atoms with Gasteiger partial charge in [-0.05, 0) is 0 Å². The smallest absolute Gasteiger partial charge is 0.302 e. The Balaban J connectivity index is 3.01. The van der Waals surface area contributed by atoms with Crippen molar-refractivity contribution >= 4 is 11.8 Å². The summed E-state index contributed by atoms with van der Waals surface area (Å²) in [6.45, 7) is 3.98. The molecular weight excluding hydrogens is 176 g/mol. The zero-order valence-electron chi connectivity index (χ0n) is 6.88. The summed E-state index contributed by atoms with van der Waals surface area (Å²) in [5.41, 5.74) is -0.812. The molecule has 0 amide bonds. The van der Waals surface area contributed by atoms with Crippen molar-refractivity contribution in [3.63, 3.8) is 0 Å². The van der Waals surface area contributed by atoms with Gasteiger partial charge in [-0.1, -0.05) is 13.8 Å². The lowest BCUT2D eigenvalue weighted by Gasteiger charge is -2.01. The molecule has 1 aromatic rings. The summed E-state index contributed by atoms with van der Waals surface area (Å²) in [4.78, 5) is 26.2. The Bertz CT molecular complexity index is 338. The van der Waals surface area contributed by atoms with Crippen molar-refractivity contribution in [2.75, 3.05) is 0 Å². The summed E-state index contributed by atoms with van der Waals surface area (Å²) >= 11 is 1.45. The van der Waals surface area contributed by atoms with Gasteiger partial charge in [-0.2, -0.15) is 0 Å². The average Bonchev–Trinajstić information content (AvgIpc) is 1.81. The Morgan fingerprint density at radius 1 is 1.33 bits per heavy atom. The van der Waals surface area contributed by atoms with Gasteiger partial charge in [0.25, 0.3) is 5.56 Å². The first kappa shape index (κ1) is 9.12. The maximum Gasteiger partial charge on any atom is 0.326 e. The minimum absolute atomic E-state index is 0.349. The van der Waals surface area contributed by atoms with Crippen LogP contribution in [-0.2, 0) is 0 Å². The summed E-state index contributed by atoms with van der Waals surface area (Å²) in [6.07, 6.45) is 0. The quantitative estimate of drug-likeness (QED) is 0.524. The van der Waals surface area contributed by atoms with Gasteiger partial charge in [-0.15, -0.1) is 11.8 Å². The van der Waals surface area contributed by atoms with Crippen LogP contribution in [0.2, 0.25) is 0 Å². The van der Waals surface area contributed by atoms with E-state index in [1.807, 2.05) is 13.8 Å². The van der Waals surface area contributed by atoms with E-state index >= 15 is 0 Å². The standard InChI is InChI=1S/C7H10N2O2S/c1-4(2)12-6-3-5(10)8-7(11)9-6/h3-4H,1-2H3,(H2,8,9,10,11). The first-order valence-corrected chi connectivity index (χ1v) is 4.46. The maximum atomic E-state index is 10.8. The van der Waals surface area contributed by atoms with Gasteiger partial charge >= 0.3 is 5.69 Å². The number of aromatic amines is 2. The average molecular weight is 186 g/mol. The second-order valence-corrected chi connectivity index (χ2v) is 4.24. The van der Waals surface area contributed by atoms with Crippen molar-refractivity contribution in [3.05, 3.63) is 26.9 Å². The SMILES string of the molecule is CC(C)Sc1cc(=O)[nH]c(=O)[nH]1. The molecule has 4 nitrogen and oxygen atoms in total. The Labute approximate surface area is 73.4 Å². The van der Waals surface area contributed by atoms with Crippen LogP contribution in [0.5, 0.6) is 0 Å². The highest BCUT2D eigenvalue weighted by atomic mass is 32.2. The lowest BCUT2D eigenvalue weighted by atomic mass is 10.6. The van der Waals surface area contributed by atoms with E-state index in [9.17, 15) is 9.59 Å². The van der Waals surface area contributed by atoms with Crippen molar-refractivity contribution in [3.8, 4) is 0 Å². The molecule has 0 aliphatic heterocycles. The number of aromatic nitrogens is 2. The van der Waals surface area contributed by atoms with Gasteiger partial charge in [0.2, 0.25) is 0 Å². The maximum absolute atomic E-state index is 10.8. The van der Waals surface area contributed by atoms with Crippen molar-refractivity contribution in [2.24, 2.45) is 0 Å². The van der Waals surface area contributed by atoms with Crippen molar-refractivity contribution in [2.45, 2.75) is 24.1 Å². The van der Waals surface area contributed by atoms with E-state index in [1.54, 1.807) is 0 Å². The molecule has 0 bridgehead atoms. The molecule has 12 heavy (non-hydrogen) atoms. The molecule has 66 valence electrons. The van der Waals surface area contributed by atoms with E-state index < -0.39 is 5.69 Å². The van der Waals surface area contributed by atoms with Gasteiger partial charge in [0.05, 0.1) is 5.03 Å². The predicted octanol–water partition coefficient (Wildman–Crippen LogP) is 0.564. The lowest BCUT2D eigenvalue weighted by molar-refractivity contribution is 0.943. The highest BCUT2D eigenvalue weighted by molar-refractivity contribution is 7.99. The van der Waals surface area contributed by atoms with Gasteiger partial charge in [-0.25, -0.2) is 4.79 Å². The molecule has 0 atom stereocenters. The highest BCUT2D eigenvalue weighted by Gasteiger charge is 1.99. The first-order chi connectivity index (χ1) is 5.58. The van der Waals surface area contributed by atoms with E-state index in [4.69, 9.17) is 0 Å².